The van der Waals surface area contributed by atoms with Gasteiger partial charge in [-0.25, -0.2) is 0 Å². The molecule has 1 aromatic carbocycles. The maximum atomic E-state index is 5.79. The second-order valence-electron chi connectivity index (χ2n) is 5.20. The first-order chi connectivity index (χ1) is 10.2. The van der Waals surface area contributed by atoms with Crippen LogP contribution < -0.4 is 4.74 Å². The van der Waals surface area contributed by atoms with Gasteiger partial charge in [-0.05, 0) is 43.7 Å². The molecule has 0 atom stereocenters. The highest BCUT2D eigenvalue weighted by Crippen LogP contribution is 2.35. The maximum Gasteiger partial charge on any atom is 0.120 e. The van der Waals surface area contributed by atoms with Gasteiger partial charge in [0, 0.05) is 40.2 Å². The molecule has 3 nitrogen and oxygen atoms in total. The van der Waals surface area contributed by atoms with E-state index >= 15 is 0 Å². The van der Waals surface area contributed by atoms with E-state index in [1.165, 1.54) is 15.6 Å². The van der Waals surface area contributed by atoms with Crippen LogP contribution >= 0.6 is 11.3 Å². The summed E-state index contributed by atoms with van der Waals surface area (Å²) in [6, 6.07) is 10.4. The van der Waals surface area contributed by atoms with Crippen LogP contribution in [-0.2, 0) is 0 Å². The van der Waals surface area contributed by atoms with Gasteiger partial charge in [0.05, 0.1) is 0 Å². The SMILES string of the molecule is CN(C)CCOc1ccc2c(-c3cccnc3)csc2c1. The highest BCUT2D eigenvalue weighted by Gasteiger charge is 2.07. The second kappa shape index (κ2) is 6.24. The molecular formula is C17H18N2OS. The monoisotopic (exact) mass is 298 g/mol. The third-order valence-corrected chi connectivity index (χ3v) is 4.27. The number of hydrogen-bond donors (Lipinski definition) is 0. The van der Waals surface area contributed by atoms with Crippen LogP contribution in [0.15, 0.2) is 48.1 Å². The number of likely N-dealkylation sites (N-methyl/N-ethyl adjacent to an activating group) is 1. The number of ether oxygens (including phenoxy) is 1. The van der Waals surface area contributed by atoms with E-state index in [1.54, 1.807) is 17.5 Å². The van der Waals surface area contributed by atoms with Gasteiger partial charge in [0.2, 0.25) is 0 Å². The van der Waals surface area contributed by atoms with Crippen molar-refractivity contribution in [2.45, 2.75) is 0 Å². The minimum Gasteiger partial charge on any atom is -0.492 e. The van der Waals surface area contributed by atoms with Crippen molar-refractivity contribution < 1.29 is 4.74 Å². The Kier molecular flexibility index (Phi) is 4.18. The van der Waals surface area contributed by atoms with Gasteiger partial charge in [0.15, 0.2) is 0 Å². The van der Waals surface area contributed by atoms with Gasteiger partial charge >= 0.3 is 0 Å². The largest absolute Gasteiger partial charge is 0.492 e. The summed E-state index contributed by atoms with van der Waals surface area (Å²) >= 11 is 1.74. The number of nitrogens with zero attached hydrogens (tertiary/aromatic N) is 2. The molecule has 0 saturated heterocycles. The lowest BCUT2D eigenvalue weighted by molar-refractivity contribution is 0.261. The lowest BCUT2D eigenvalue weighted by Crippen LogP contribution is -2.19. The zero-order valence-electron chi connectivity index (χ0n) is 12.2. The molecule has 0 aliphatic carbocycles. The van der Waals surface area contributed by atoms with E-state index in [1.807, 2.05) is 32.4 Å². The first-order valence-electron chi connectivity index (χ1n) is 6.93. The molecule has 0 unspecified atom stereocenters. The van der Waals surface area contributed by atoms with Crippen molar-refractivity contribution in [3.8, 4) is 16.9 Å². The van der Waals surface area contributed by atoms with Crippen molar-refractivity contribution in [2.75, 3.05) is 27.2 Å². The Morgan fingerprint density at radius 3 is 2.90 bits per heavy atom. The number of fused-ring (bicyclic) bond motifs is 1. The molecule has 0 bridgehead atoms. The Morgan fingerprint density at radius 2 is 2.14 bits per heavy atom. The Labute approximate surface area is 128 Å². The first kappa shape index (κ1) is 14.0. The summed E-state index contributed by atoms with van der Waals surface area (Å²) in [5, 5.41) is 3.44. The summed E-state index contributed by atoms with van der Waals surface area (Å²) in [6.45, 7) is 1.63. The average molecular weight is 298 g/mol. The van der Waals surface area contributed by atoms with Gasteiger partial charge in [-0.2, -0.15) is 0 Å². The molecule has 3 aromatic rings. The predicted molar refractivity (Wildman–Crippen MR) is 89.1 cm³/mol. The van der Waals surface area contributed by atoms with Gasteiger partial charge in [0.1, 0.15) is 12.4 Å². The Morgan fingerprint density at radius 1 is 1.24 bits per heavy atom. The smallest absolute Gasteiger partial charge is 0.120 e. The van der Waals surface area contributed by atoms with Crippen LogP contribution in [0, 0.1) is 0 Å². The normalized spacial score (nSPS) is 11.2. The predicted octanol–water partition coefficient (Wildman–Crippen LogP) is 3.90. The van der Waals surface area contributed by atoms with Gasteiger partial charge in [-0.3, -0.25) is 4.98 Å². The lowest BCUT2D eigenvalue weighted by Gasteiger charge is -2.11. The Hall–Kier alpha value is -1.91. The van der Waals surface area contributed by atoms with E-state index in [0.717, 1.165) is 17.9 Å². The van der Waals surface area contributed by atoms with Crippen LogP contribution in [0.2, 0.25) is 0 Å². The first-order valence-corrected chi connectivity index (χ1v) is 7.81. The topological polar surface area (TPSA) is 25.4 Å². The van der Waals surface area contributed by atoms with Crippen molar-refractivity contribution >= 4 is 21.4 Å². The molecule has 2 aromatic heterocycles. The van der Waals surface area contributed by atoms with Gasteiger partial charge in [-0.15, -0.1) is 11.3 Å². The van der Waals surface area contributed by atoms with E-state index in [2.05, 4.69) is 33.5 Å². The highest BCUT2D eigenvalue weighted by molar-refractivity contribution is 7.17. The molecule has 0 fully saturated rings. The number of aromatic nitrogens is 1. The number of rotatable bonds is 5. The van der Waals surface area contributed by atoms with Gasteiger partial charge in [0.25, 0.3) is 0 Å². The van der Waals surface area contributed by atoms with E-state index in [9.17, 15) is 0 Å². The molecule has 0 aliphatic rings. The number of benzene rings is 1. The van der Waals surface area contributed by atoms with Gasteiger partial charge in [-0.1, -0.05) is 6.07 Å². The molecule has 0 aliphatic heterocycles. The zero-order chi connectivity index (χ0) is 14.7. The third-order valence-electron chi connectivity index (χ3n) is 3.33. The number of thiophene rings is 1. The Balaban J connectivity index is 1.84. The average Bonchev–Trinajstić information content (AvgIpc) is 2.91. The number of hydrogen-bond acceptors (Lipinski definition) is 4. The van der Waals surface area contributed by atoms with Crippen LogP contribution in [0.3, 0.4) is 0 Å². The van der Waals surface area contributed by atoms with Crippen molar-refractivity contribution in [1.82, 2.24) is 9.88 Å². The van der Waals surface area contributed by atoms with Crippen LogP contribution in [-0.4, -0.2) is 37.1 Å². The van der Waals surface area contributed by atoms with E-state index in [4.69, 9.17) is 4.74 Å². The molecule has 0 spiro atoms. The molecule has 2 heterocycles. The van der Waals surface area contributed by atoms with Crippen LogP contribution in [0.25, 0.3) is 21.2 Å². The van der Waals surface area contributed by atoms with E-state index in [0.29, 0.717) is 6.61 Å². The van der Waals surface area contributed by atoms with Crippen LogP contribution in [0.1, 0.15) is 0 Å². The lowest BCUT2D eigenvalue weighted by atomic mass is 10.1. The fourth-order valence-corrected chi connectivity index (χ4v) is 3.19. The molecule has 0 saturated carbocycles. The summed E-state index contributed by atoms with van der Waals surface area (Å²) in [7, 11) is 4.10. The molecular weight excluding hydrogens is 280 g/mol. The van der Waals surface area contributed by atoms with Crippen LogP contribution in [0.5, 0.6) is 5.75 Å². The van der Waals surface area contributed by atoms with Gasteiger partial charge < -0.3 is 9.64 Å². The summed E-state index contributed by atoms with van der Waals surface area (Å²) < 4.78 is 7.04. The molecule has 3 rings (SSSR count). The fraction of sp³-hybridized carbons (Fsp3) is 0.235. The quantitative estimate of drug-likeness (QED) is 0.714. The van der Waals surface area contributed by atoms with Crippen molar-refractivity contribution in [3.05, 3.63) is 48.1 Å². The number of pyridine rings is 1. The van der Waals surface area contributed by atoms with Crippen molar-refractivity contribution in [2.24, 2.45) is 0 Å². The molecule has 0 radical (unpaired) electrons. The standard InChI is InChI=1S/C17H18N2OS/c1-19(2)8-9-20-14-5-6-15-16(12-21-17(15)10-14)13-4-3-7-18-11-13/h3-7,10-12H,8-9H2,1-2H3. The summed E-state index contributed by atoms with van der Waals surface area (Å²) in [5.74, 6) is 0.934. The van der Waals surface area contributed by atoms with Crippen molar-refractivity contribution in [1.29, 1.82) is 0 Å². The summed E-state index contributed by atoms with van der Waals surface area (Å²) in [4.78, 5) is 6.31. The second-order valence-corrected chi connectivity index (χ2v) is 6.11. The molecule has 21 heavy (non-hydrogen) atoms. The molecule has 0 N–H and O–H groups in total. The fourth-order valence-electron chi connectivity index (χ4n) is 2.19. The van der Waals surface area contributed by atoms with E-state index < -0.39 is 0 Å². The molecule has 4 heteroatoms. The zero-order valence-corrected chi connectivity index (χ0v) is 13.1. The van der Waals surface area contributed by atoms with E-state index in [-0.39, 0.29) is 0 Å². The molecule has 108 valence electrons. The van der Waals surface area contributed by atoms with Crippen molar-refractivity contribution in [3.63, 3.8) is 0 Å². The maximum absolute atomic E-state index is 5.79. The highest BCUT2D eigenvalue weighted by atomic mass is 32.1. The third kappa shape index (κ3) is 3.23. The minimum absolute atomic E-state index is 0.708. The Bertz CT molecular complexity index is 722. The van der Waals surface area contributed by atoms with Crippen LogP contribution in [0.4, 0.5) is 0 Å². The minimum atomic E-state index is 0.708. The summed E-state index contributed by atoms with van der Waals surface area (Å²) in [5.41, 5.74) is 2.40. The molecule has 0 amide bonds. The summed E-state index contributed by atoms with van der Waals surface area (Å²) in [6.07, 6.45) is 3.71.